The molecule has 1 aliphatic heterocycles. The fraction of sp³-hybridized carbons (Fsp3) is 0.167. The SMILES string of the molecule is CC1=C(OC(=O)c2ccccn2)SC(c2ccccc2)N1OC(=O)CN. The molecule has 0 radical (unpaired) electrons. The Kier molecular flexibility index (Phi) is 5.55. The second-order valence-electron chi connectivity index (χ2n) is 5.35. The van der Waals surface area contributed by atoms with Crippen LogP contribution in [-0.2, 0) is 14.4 Å². The van der Waals surface area contributed by atoms with Crippen molar-refractivity contribution in [3.8, 4) is 0 Å². The Labute approximate surface area is 154 Å². The number of hydrogen-bond donors (Lipinski definition) is 1. The van der Waals surface area contributed by atoms with Crippen LogP contribution in [0.3, 0.4) is 0 Å². The molecule has 1 unspecified atom stereocenters. The van der Waals surface area contributed by atoms with Crippen molar-refractivity contribution in [2.24, 2.45) is 5.73 Å². The van der Waals surface area contributed by atoms with Gasteiger partial charge in [0.15, 0.2) is 5.09 Å². The maximum absolute atomic E-state index is 12.3. The maximum Gasteiger partial charge on any atom is 0.362 e. The Balaban J connectivity index is 1.85. The summed E-state index contributed by atoms with van der Waals surface area (Å²) in [6, 6.07) is 14.4. The zero-order chi connectivity index (χ0) is 18.5. The first-order chi connectivity index (χ1) is 12.6. The first kappa shape index (κ1) is 18.0. The molecule has 0 bridgehead atoms. The molecule has 26 heavy (non-hydrogen) atoms. The highest BCUT2D eigenvalue weighted by Gasteiger charge is 2.37. The van der Waals surface area contributed by atoms with Gasteiger partial charge in [-0.25, -0.2) is 14.6 Å². The van der Waals surface area contributed by atoms with Gasteiger partial charge in [0.1, 0.15) is 16.8 Å². The summed E-state index contributed by atoms with van der Waals surface area (Å²) in [4.78, 5) is 33.3. The summed E-state index contributed by atoms with van der Waals surface area (Å²) in [7, 11) is 0. The van der Waals surface area contributed by atoms with Gasteiger partial charge in [0.05, 0.1) is 6.54 Å². The summed E-state index contributed by atoms with van der Waals surface area (Å²) in [5, 5.41) is 1.38. The van der Waals surface area contributed by atoms with E-state index < -0.39 is 11.9 Å². The lowest BCUT2D eigenvalue weighted by Gasteiger charge is -2.25. The number of benzene rings is 1. The van der Waals surface area contributed by atoms with Crippen LogP contribution in [0.5, 0.6) is 0 Å². The average Bonchev–Trinajstić information content (AvgIpc) is 2.99. The first-order valence-corrected chi connectivity index (χ1v) is 8.74. The largest absolute Gasteiger partial charge is 0.413 e. The molecule has 1 aliphatic rings. The van der Waals surface area contributed by atoms with Gasteiger partial charge < -0.3 is 15.3 Å². The molecule has 2 N–H and O–H groups in total. The third-order valence-electron chi connectivity index (χ3n) is 3.57. The van der Waals surface area contributed by atoms with Crippen molar-refractivity contribution in [1.82, 2.24) is 10.0 Å². The zero-order valence-electron chi connectivity index (χ0n) is 14.0. The number of esters is 1. The first-order valence-electron chi connectivity index (χ1n) is 7.86. The standard InChI is InChI=1S/C18H17N3O4S/c1-12-18(24-17(23)14-9-5-6-10-20-14)26-16(13-7-3-2-4-8-13)21(12)25-15(22)11-19/h2-10,16H,11,19H2,1H3. The van der Waals surface area contributed by atoms with E-state index in [9.17, 15) is 9.59 Å². The number of thioether (sulfide) groups is 1. The number of carbonyl (C=O) groups excluding carboxylic acids is 2. The molecule has 134 valence electrons. The fourth-order valence-electron chi connectivity index (χ4n) is 2.30. The number of hydroxylamine groups is 2. The number of nitrogens with two attached hydrogens (primary N) is 1. The van der Waals surface area contributed by atoms with E-state index in [1.807, 2.05) is 30.3 Å². The van der Waals surface area contributed by atoms with Gasteiger partial charge in [-0.1, -0.05) is 48.2 Å². The summed E-state index contributed by atoms with van der Waals surface area (Å²) in [5.41, 5.74) is 6.95. The summed E-state index contributed by atoms with van der Waals surface area (Å²) < 4.78 is 5.48. The number of carbonyl (C=O) groups is 2. The van der Waals surface area contributed by atoms with Crippen LogP contribution < -0.4 is 5.73 Å². The van der Waals surface area contributed by atoms with Crippen molar-refractivity contribution in [3.63, 3.8) is 0 Å². The molecule has 0 aliphatic carbocycles. The highest BCUT2D eigenvalue weighted by molar-refractivity contribution is 8.03. The van der Waals surface area contributed by atoms with E-state index in [4.69, 9.17) is 15.3 Å². The maximum atomic E-state index is 12.3. The molecule has 0 amide bonds. The van der Waals surface area contributed by atoms with Gasteiger partial charge >= 0.3 is 11.9 Å². The lowest BCUT2D eigenvalue weighted by molar-refractivity contribution is -0.182. The Bertz CT molecular complexity index is 827. The smallest absolute Gasteiger partial charge is 0.362 e. The van der Waals surface area contributed by atoms with E-state index in [-0.39, 0.29) is 17.6 Å². The number of rotatable bonds is 5. The summed E-state index contributed by atoms with van der Waals surface area (Å²) in [6.07, 6.45) is 1.52. The number of aromatic nitrogens is 1. The minimum Gasteiger partial charge on any atom is -0.413 e. The van der Waals surface area contributed by atoms with Crippen LogP contribution in [0.15, 0.2) is 65.5 Å². The van der Waals surface area contributed by atoms with Gasteiger partial charge in [0.2, 0.25) is 0 Å². The Hall–Kier alpha value is -2.84. The molecule has 1 atom stereocenters. The average molecular weight is 371 g/mol. The molecule has 7 nitrogen and oxygen atoms in total. The fourth-order valence-corrected chi connectivity index (χ4v) is 3.48. The molecule has 2 heterocycles. The van der Waals surface area contributed by atoms with Crippen molar-refractivity contribution < 1.29 is 19.2 Å². The zero-order valence-corrected chi connectivity index (χ0v) is 14.8. The lowest BCUT2D eigenvalue weighted by atomic mass is 10.2. The number of pyridine rings is 1. The molecule has 1 aromatic heterocycles. The van der Waals surface area contributed by atoms with Crippen LogP contribution in [0.1, 0.15) is 28.3 Å². The van der Waals surface area contributed by atoms with Crippen LogP contribution in [-0.4, -0.2) is 28.5 Å². The second kappa shape index (κ2) is 8.03. The van der Waals surface area contributed by atoms with Crippen LogP contribution in [0.2, 0.25) is 0 Å². The molecule has 2 aromatic rings. The van der Waals surface area contributed by atoms with Crippen molar-refractivity contribution in [1.29, 1.82) is 0 Å². The molecule has 0 spiro atoms. The van der Waals surface area contributed by atoms with E-state index in [1.165, 1.54) is 23.0 Å². The van der Waals surface area contributed by atoms with E-state index in [0.717, 1.165) is 5.56 Å². The monoisotopic (exact) mass is 371 g/mol. The summed E-state index contributed by atoms with van der Waals surface area (Å²) >= 11 is 1.27. The van der Waals surface area contributed by atoms with Gasteiger partial charge in [-0.15, -0.1) is 0 Å². The third kappa shape index (κ3) is 3.87. The molecular weight excluding hydrogens is 354 g/mol. The molecule has 0 fully saturated rings. The third-order valence-corrected chi connectivity index (χ3v) is 4.85. The van der Waals surface area contributed by atoms with Crippen molar-refractivity contribution >= 4 is 23.7 Å². The Morgan fingerprint density at radius 2 is 1.92 bits per heavy atom. The van der Waals surface area contributed by atoms with Gasteiger partial charge in [-0.05, 0) is 24.6 Å². The molecule has 8 heteroatoms. The number of allylic oxidation sites excluding steroid dienone is 1. The predicted molar refractivity (Wildman–Crippen MR) is 96.1 cm³/mol. The van der Waals surface area contributed by atoms with E-state index >= 15 is 0 Å². The quantitative estimate of drug-likeness (QED) is 0.802. The van der Waals surface area contributed by atoms with Crippen LogP contribution in [0, 0.1) is 0 Å². The number of hydrogen-bond acceptors (Lipinski definition) is 8. The minimum atomic E-state index is -0.580. The van der Waals surface area contributed by atoms with Crippen LogP contribution >= 0.6 is 11.8 Å². The van der Waals surface area contributed by atoms with E-state index in [0.29, 0.717) is 10.8 Å². The van der Waals surface area contributed by atoms with Gasteiger partial charge in [0, 0.05) is 6.20 Å². The Morgan fingerprint density at radius 1 is 1.19 bits per heavy atom. The molecule has 0 saturated carbocycles. The van der Waals surface area contributed by atoms with Gasteiger partial charge in [0.25, 0.3) is 0 Å². The Morgan fingerprint density at radius 3 is 2.58 bits per heavy atom. The van der Waals surface area contributed by atoms with Gasteiger partial charge in [-0.2, -0.15) is 5.06 Å². The predicted octanol–water partition coefficient (Wildman–Crippen LogP) is 2.59. The van der Waals surface area contributed by atoms with Crippen LogP contribution in [0.4, 0.5) is 0 Å². The van der Waals surface area contributed by atoms with E-state index in [1.54, 1.807) is 25.1 Å². The highest BCUT2D eigenvalue weighted by Crippen LogP contribution is 2.48. The topological polar surface area (TPSA) is 94.7 Å². The highest BCUT2D eigenvalue weighted by atomic mass is 32.2. The number of ether oxygens (including phenoxy) is 1. The minimum absolute atomic E-state index is 0.196. The molecule has 3 rings (SSSR count). The molecule has 1 aromatic carbocycles. The van der Waals surface area contributed by atoms with Crippen LogP contribution in [0.25, 0.3) is 0 Å². The molecular formula is C18H17N3O4S. The normalized spacial score (nSPS) is 16.5. The molecule has 0 saturated heterocycles. The van der Waals surface area contributed by atoms with Gasteiger partial charge in [-0.3, -0.25) is 0 Å². The summed E-state index contributed by atoms with van der Waals surface area (Å²) in [5.74, 6) is -1.16. The lowest BCUT2D eigenvalue weighted by Crippen LogP contribution is -2.29. The van der Waals surface area contributed by atoms with Crippen molar-refractivity contribution in [2.45, 2.75) is 12.3 Å². The number of nitrogens with zero attached hydrogens (tertiary/aromatic N) is 2. The van der Waals surface area contributed by atoms with E-state index in [2.05, 4.69) is 4.98 Å². The van der Waals surface area contributed by atoms with Crippen molar-refractivity contribution in [3.05, 3.63) is 76.8 Å². The van der Waals surface area contributed by atoms with Crippen molar-refractivity contribution in [2.75, 3.05) is 6.54 Å². The second-order valence-corrected chi connectivity index (χ2v) is 6.40. The summed E-state index contributed by atoms with van der Waals surface area (Å²) in [6.45, 7) is 1.46.